The second-order valence-electron chi connectivity index (χ2n) is 11.6. The molecular formula is C35H37ClN6O4S. The van der Waals surface area contributed by atoms with Crippen LogP contribution in [0.15, 0.2) is 83.2 Å². The first kappa shape index (κ1) is 32.5. The number of allylic oxidation sites excluding steroid dienone is 1. The van der Waals surface area contributed by atoms with E-state index >= 15 is 0 Å². The number of thioether (sulfide) groups is 1. The molecule has 10 nitrogen and oxygen atoms in total. The fourth-order valence-electron chi connectivity index (χ4n) is 5.82. The molecule has 3 aromatic carbocycles. The number of likely N-dealkylation sites (tertiary alicyclic amines) is 1. The summed E-state index contributed by atoms with van der Waals surface area (Å²) in [4.78, 5) is 33.4. The van der Waals surface area contributed by atoms with Crippen LogP contribution in [0, 0.1) is 6.92 Å². The SMILES string of the molecule is COc1cc(C2C(C(=O)Nc3cccc(C)c3)=C(C)Nc3nc(SCc4ccccc4Cl)nn32)ccc1OCC(=O)N1CCCCC1. The number of nitrogens with zero attached hydrogens (tertiary/aromatic N) is 4. The van der Waals surface area contributed by atoms with Crippen molar-refractivity contribution in [3.63, 3.8) is 0 Å². The molecule has 3 heterocycles. The highest BCUT2D eigenvalue weighted by atomic mass is 35.5. The molecule has 4 aromatic rings. The lowest BCUT2D eigenvalue weighted by Crippen LogP contribution is -2.38. The van der Waals surface area contributed by atoms with E-state index in [0.717, 1.165) is 49.0 Å². The van der Waals surface area contributed by atoms with Crippen molar-refractivity contribution in [2.24, 2.45) is 0 Å². The molecule has 0 bridgehead atoms. The van der Waals surface area contributed by atoms with E-state index in [0.29, 0.717) is 50.3 Å². The highest BCUT2D eigenvalue weighted by molar-refractivity contribution is 7.98. The van der Waals surface area contributed by atoms with Crippen LogP contribution < -0.4 is 20.1 Å². The molecule has 2 amide bonds. The number of carbonyl (C=O) groups is 2. The van der Waals surface area contributed by atoms with E-state index in [1.165, 1.54) is 11.8 Å². The normalized spacial score (nSPS) is 15.9. The highest BCUT2D eigenvalue weighted by Gasteiger charge is 2.35. The van der Waals surface area contributed by atoms with E-state index in [2.05, 4.69) is 10.6 Å². The summed E-state index contributed by atoms with van der Waals surface area (Å²) >= 11 is 7.86. The Morgan fingerprint density at radius 2 is 1.83 bits per heavy atom. The molecule has 0 radical (unpaired) electrons. The van der Waals surface area contributed by atoms with Crippen LogP contribution in [0.5, 0.6) is 11.5 Å². The molecular weight excluding hydrogens is 636 g/mol. The minimum Gasteiger partial charge on any atom is -0.493 e. The standard InChI is InChI=1S/C35H37ClN6O4S/c1-22-10-9-12-26(18-22)38-33(44)31-23(2)37-34-39-35(47-21-25-11-5-6-13-27(25)36)40-42(34)32(31)24-14-15-28(29(19-24)45-3)46-20-30(43)41-16-7-4-8-17-41/h5-6,9-15,18-19,32H,4,7-8,16-17,20-21H2,1-3H3,(H,38,44)(H,37,39,40). The number of nitrogens with one attached hydrogen (secondary N) is 2. The van der Waals surface area contributed by atoms with Crippen LogP contribution in [0.1, 0.15) is 48.9 Å². The van der Waals surface area contributed by atoms with Crippen molar-refractivity contribution in [1.82, 2.24) is 19.7 Å². The molecule has 0 saturated carbocycles. The fourth-order valence-corrected chi connectivity index (χ4v) is 6.94. The van der Waals surface area contributed by atoms with Crippen LogP contribution in [0.25, 0.3) is 0 Å². The molecule has 0 aliphatic carbocycles. The molecule has 1 unspecified atom stereocenters. The summed E-state index contributed by atoms with van der Waals surface area (Å²) in [7, 11) is 1.55. The average Bonchev–Trinajstić information content (AvgIpc) is 3.48. The molecule has 2 aliphatic rings. The molecule has 244 valence electrons. The zero-order valence-electron chi connectivity index (χ0n) is 26.6. The van der Waals surface area contributed by atoms with E-state index in [1.807, 2.05) is 79.4 Å². The van der Waals surface area contributed by atoms with Gasteiger partial charge in [-0.1, -0.05) is 59.8 Å². The number of rotatable bonds is 10. The van der Waals surface area contributed by atoms with E-state index < -0.39 is 6.04 Å². The number of methoxy groups -OCH3 is 1. The summed E-state index contributed by atoms with van der Waals surface area (Å²) in [5.41, 5.74) is 4.55. The first-order chi connectivity index (χ1) is 22.8. The van der Waals surface area contributed by atoms with Crippen LogP contribution in [0.3, 0.4) is 0 Å². The van der Waals surface area contributed by atoms with E-state index in [-0.39, 0.29) is 18.4 Å². The van der Waals surface area contributed by atoms with E-state index in [1.54, 1.807) is 17.9 Å². The van der Waals surface area contributed by atoms with Crippen molar-refractivity contribution in [2.45, 2.75) is 50.1 Å². The molecule has 2 aliphatic heterocycles. The van der Waals surface area contributed by atoms with Gasteiger partial charge in [-0.05, 0) is 80.1 Å². The Kier molecular flexibility index (Phi) is 10.0. The lowest BCUT2D eigenvalue weighted by molar-refractivity contribution is -0.134. The number of carbonyl (C=O) groups excluding carboxylic acids is 2. The Labute approximate surface area is 283 Å². The van der Waals surface area contributed by atoms with Crippen LogP contribution in [-0.2, 0) is 15.3 Å². The van der Waals surface area contributed by atoms with E-state index in [4.69, 9.17) is 31.2 Å². The zero-order chi connectivity index (χ0) is 32.9. The fraction of sp³-hybridized carbons (Fsp3) is 0.314. The number of anilines is 2. The molecule has 1 aromatic heterocycles. The number of piperidine rings is 1. The number of hydrogen-bond acceptors (Lipinski definition) is 8. The van der Waals surface area contributed by atoms with E-state index in [9.17, 15) is 9.59 Å². The number of amides is 2. The minimum absolute atomic E-state index is 0.0445. The van der Waals surface area contributed by atoms with Gasteiger partial charge in [-0.3, -0.25) is 9.59 Å². The van der Waals surface area contributed by atoms with Gasteiger partial charge in [-0.2, -0.15) is 4.98 Å². The van der Waals surface area contributed by atoms with Crippen molar-refractivity contribution in [2.75, 3.05) is 37.4 Å². The summed E-state index contributed by atoms with van der Waals surface area (Å²) in [5.74, 6) is 1.65. The van der Waals surface area contributed by atoms with Gasteiger partial charge in [0, 0.05) is 35.2 Å². The summed E-state index contributed by atoms with van der Waals surface area (Å²) < 4.78 is 13.4. The summed E-state index contributed by atoms with van der Waals surface area (Å²) in [6.07, 6.45) is 3.17. The molecule has 12 heteroatoms. The smallest absolute Gasteiger partial charge is 0.260 e. The molecule has 6 rings (SSSR count). The van der Waals surface area contributed by atoms with Crippen molar-refractivity contribution >= 4 is 46.8 Å². The van der Waals surface area contributed by atoms with Gasteiger partial charge < -0.3 is 25.0 Å². The lowest BCUT2D eigenvalue weighted by Gasteiger charge is -2.29. The van der Waals surface area contributed by atoms with Gasteiger partial charge in [-0.25, -0.2) is 4.68 Å². The van der Waals surface area contributed by atoms with Gasteiger partial charge in [0.1, 0.15) is 6.04 Å². The predicted molar refractivity (Wildman–Crippen MR) is 184 cm³/mol. The van der Waals surface area contributed by atoms with Crippen molar-refractivity contribution in [3.8, 4) is 11.5 Å². The van der Waals surface area contributed by atoms with Crippen molar-refractivity contribution in [1.29, 1.82) is 0 Å². The first-order valence-corrected chi connectivity index (χ1v) is 16.9. The van der Waals surface area contributed by atoms with Gasteiger partial charge in [0.25, 0.3) is 11.8 Å². The summed E-state index contributed by atoms with van der Waals surface area (Å²) in [6.45, 7) is 5.27. The number of benzene rings is 3. The van der Waals surface area contributed by atoms with Crippen LogP contribution in [0.2, 0.25) is 5.02 Å². The minimum atomic E-state index is -0.642. The number of hydrogen-bond donors (Lipinski definition) is 2. The third-order valence-electron chi connectivity index (χ3n) is 8.23. The molecule has 1 fully saturated rings. The Morgan fingerprint density at radius 3 is 2.60 bits per heavy atom. The monoisotopic (exact) mass is 672 g/mol. The predicted octanol–water partition coefficient (Wildman–Crippen LogP) is 6.86. The lowest BCUT2D eigenvalue weighted by atomic mass is 9.94. The summed E-state index contributed by atoms with van der Waals surface area (Å²) in [5, 5.41) is 12.4. The Hall–Kier alpha value is -4.48. The van der Waals surface area contributed by atoms with Gasteiger partial charge in [0.2, 0.25) is 11.1 Å². The number of halogens is 1. The number of ether oxygens (including phenoxy) is 2. The molecule has 1 atom stereocenters. The second-order valence-corrected chi connectivity index (χ2v) is 12.9. The largest absolute Gasteiger partial charge is 0.493 e. The number of fused-ring (bicyclic) bond motifs is 1. The maximum Gasteiger partial charge on any atom is 0.260 e. The van der Waals surface area contributed by atoms with Gasteiger partial charge in [0.15, 0.2) is 18.1 Å². The van der Waals surface area contributed by atoms with Crippen molar-refractivity contribution < 1.29 is 19.1 Å². The van der Waals surface area contributed by atoms with Gasteiger partial charge in [-0.15, -0.1) is 5.10 Å². The third kappa shape index (κ3) is 7.41. The Bertz CT molecular complexity index is 1820. The maximum atomic E-state index is 14.0. The van der Waals surface area contributed by atoms with Gasteiger partial charge >= 0.3 is 0 Å². The quantitative estimate of drug-likeness (QED) is 0.176. The molecule has 0 spiro atoms. The molecule has 2 N–H and O–H groups in total. The average molecular weight is 673 g/mol. The summed E-state index contributed by atoms with van der Waals surface area (Å²) in [6, 6.07) is 20.2. The number of aromatic nitrogens is 3. The van der Waals surface area contributed by atoms with Crippen LogP contribution >= 0.6 is 23.4 Å². The Morgan fingerprint density at radius 1 is 1.02 bits per heavy atom. The maximum absolute atomic E-state index is 14.0. The third-order valence-corrected chi connectivity index (χ3v) is 9.49. The topological polar surface area (TPSA) is 111 Å². The highest BCUT2D eigenvalue weighted by Crippen LogP contribution is 2.40. The molecule has 1 saturated heterocycles. The molecule has 47 heavy (non-hydrogen) atoms. The first-order valence-electron chi connectivity index (χ1n) is 15.6. The second kappa shape index (κ2) is 14.5. The Balaban J connectivity index is 1.31. The van der Waals surface area contributed by atoms with Crippen LogP contribution in [-0.4, -0.2) is 58.3 Å². The van der Waals surface area contributed by atoms with Crippen molar-refractivity contribution in [3.05, 3.63) is 99.7 Å². The zero-order valence-corrected chi connectivity index (χ0v) is 28.2. The van der Waals surface area contributed by atoms with Crippen LogP contribution in [0.4, 0.5) is 11.6 Å². The van der Waals surface area contributed by atoms with Gasteiger partial charge in [0.05, 0.1) is 12.7 Å². The number of aryl methyl sites for hydroxylation is 1.